The van der Waals surface area contributed by atoms with E-state index in [0.717, 1.165) is 18.6 Å². The quantitative estimate of drug-likeness (QED) is 0.567. The van der Waals surface area contributed by atoms with Crippen LogP contribution in [0.3, 0.4) is 0 Å². The summed E-state index contributed by atoms with van der Waals surface area (Å²) in [6, 6.07) is 9.45. The second kappa shape index (κ2) is 9.16. The molecule has 1 heterocycles. The van der Waals surface area contributed by atoms with Crippen LogP contribution in [0.15, 0.2) is 47.3 Å². The minimum Gasteiger partial charge on any atom is -0.387 e. The Labute approximate surface area is 176 Å². The molecule has 0 bridgehead atoms. The lowest BCUT2D eigenvalue weighted by atomic mass is 10.1. The summed E-state index contributed by atoms with van der Waals surface area (Å²) in [6.07, 6.45) is -4.85. The van der Waals surface area contributed by atoms with Crippen molar-refractivity contribution >= 4 is 22.5 Å². The number of benzene rings is 2. The summed E-state index contributed by atoms with van der Waals surface area (Å²) in [7, 11) is 0. The minimum atomic E-state index is -4.48. The molecule has 3 rings (SSSR count). The number of aliphatic hydroxyl groups excluding tert-OH is 1. The number of aromatic amines is 1. The fraction of sp³-hybridized carbons (Fsp3) is 0.333. The van der Waals surface area contributed by atoms with Crippen molar-refractivity contribution in [3.63, 3.8) is 0 Å². The summed E-state index contributed by atoms with van der Waals surface area (Å²) in [6.45, 7) is 2.82. The van der Waals surface area contributed by atoms with Crippen LogP contribution in [0.2, 0.25) is 5.02 Å². The van der Waals surface area contributed by atoms with E-state index in [-0.39, 0.29) is 24.2 Å². The number of hydrogen-bond acceptors (Lipinski definition) is 4. The van der Waals surface area contributed by atoms with E-state index >= 15 is 0 Å². The van der Waals surface area contributed by atoms with Gasteiger partial charge in [-0.25, -0.2) is 4.98 Å². The van der Waals surface area contributed by atoms with Gasteiger partial charge in [0.15, 0.2) is 0 Å². The number of rotatable bonds is 7. The lowest BCUT2D eigenvalue weighted by Crippen LogP contribution is -2.31. The first-order chi connectivity index (χ1) is 14.2. The van der Waals surface area contributed by atoms with Crippen LogP contribution in [-0.2, 0) is 12.7 Å². The maximum absolute atomic E-state index is 13.0. The van der Waals surface area contributed by atoms with Gasteiger partial charge < -0.3 is 10.1 Å². The summed E-state index contributed by atoms with van der Waals surface area (Å²) in [4.78, 5) is 21.3. The molecule has 5 nitrogen and oxygen atoms in total. The molecule has 0 saturated heterocycles. The monoisotopic (exact) mass is 439 g/mol. The maximum atomic E-state index is 13.0. The molecule has 30 heavy (non-hydrogen) atoms. The zero-order chi connectivity index (χ0) is 21.9. The van der Waals surface area contributed by atoms with Gasteiger partial charge in [0.1, 0.15) is 5.82 Å². The molecule has 1 atom stereocenters. The van der Waals surface area contributed by atoms with E-state index in [4.69, 9.17) is 11.6 Å². The van der Waals surface area contributed by atoms with Gasteiger partial charge in [-0.3, -0.25) is 9.69 Å². The number of fused-ring (bicyclic) bond motifs is 1. The minimum absolute atomic E-state index is 0.0897. The Bertz CT molecular complexity index is 1090. The zero-order valence-corrected chi connectivity index (χ0v) is 17.0. The largest absolute Gasteiger partial charge is 0.416 e. The molecule has 2 N–H and O–H groups in total. The molecular weight excluding hydrogens is 419 g/mol. The Morgan fingerprint density at radius 3 is 2.70 bits per heavy atom. The number of H-pyrrole nitrogens is 1. The first-order valence-electron chi connectivity index (χ1n) is 9.43. The normalized spacial score (nSPS) is 13.2. The van der Waals surface area contributed by atoms with Gasteiger partial charge in [0, 0.05) is 11.6 Å². The molecule has 9 heteroatoms. The Hall–Kier alpha value is -2.42. The lowest BCUT2D eigenvalue weighted by Gasteiger charge is -2.24. The van der Waals surface area contributed by atoms with Crippen LogP contribution >= 0.6 is 11.6 Å². The lowest BCUT2D eigenvalue weighted by molar-refractivity contribution is -0.137. The maximum Gasteiger partial charge on any atom is 0.416 e. The van der Waals surface area contributed by atoms with Gasteiger partial charge in [0.25, 0.3) is 5.56 Å². The van der Waals surface area contributed by atoms with Crippen LogP contribution in [0.5, 0.6) is 0 Å². The number of aliphatic hydroxyl groups is 1. The van der Waals surface area contributed by atoms with Crippen molar-refractivity contribution in [1.29, 1.82) is 0 Å². The first-order valence-corrected chi connectivity index (χ1v) is 9.81. The van der Waals surface area contributed by atoms with E-state index in [9.17, 15) is 23.1 Å². The Morgan fingerprint density at radius 1 is 1.23 bits per heavy atom. The van der Waals surface area contributed by atoms with Gasteiger partial charge in [0.2, 0.25) is 0 Å². The smallest absolute Gasteiger partial charge is 0.387 e. The summed E-state index contributed by atoms with van der Waals surface area (Å²) in [5, 5.41) is 11.4. The molecule has 0 spiro atoms. The topological polar surface area (TPSA) is 69.2 Å². The highest BCUT2D eigenvalue weighted by Crippen LogP contribution is 2.31. The molecule has 0 radical (unpaired) electrons. The highest BCUT2D eigenvalue weighted by atomic mass is 35.5. The first kappa shape index (κ1) is 22.3. The van der Waals surface area contributed by atoms with Crippen LogP contribution in [0.25, 0.3) is 10.9 Å². The molecule has 0 fully saturated rings. The summed E-state index contributed by atoms with van der Waals surface area (Å²) in [5.41, 5.74) is -0.478. The van der Waals surface area contributed by atoms with E-state index < -0.39 is 17.8 Å². The number of aromatic nitrogens is 2. The fourth-order valence-electron chi connectivity index (χ4n) is 3.27. The van der Waals surface area contributed by atoms with Crippen LogP contribution in [-0.4, -0.2) is 33.1 Å². The van der Waals surface area contributed by atoms with Crippen molar-refractivity contribution < 1.29 is 18.3 Å². The highest BCUT2D eigenvalue weighted by molar-refractivity contribution is 6.31. The SMILES string of the molecule is CCCN(Cc1nc2cc(Cl)ccc2c(=O)[nH]1)CC(O)c1cccc(C(F)(F)F)c1. The average molecular weight is 440 g/mol. The predicted octanol–water partition coefficient (Wildman–Crippen LogP) is 4.54. The molecule has 0 amide bonds. The molecule has 0 aliphatic heterocycles. The summed E-state index contributed by atoms with van der Waals surface area (Å²) in [5.74, 6) is 0.388. The van der Waals surface area contributed by atoms with Crippen LogP contribution in [0.4, 0.5) is 13.2 Å². The number of hydrogen-bond donors (Lipinski definition) is 2. The zero-order valence-electron chi connectivity index (χ0n) is 16.2. The Morgan fingerprint density at radius 2 is 2.00 bits per heavy atom. The van der Waals surface area contributed by atoms with Gasteiger partial charge in [-0.05, 0) is 48.9 Å². The average Bonchev–Trinajstić information content (AvgIpc) is 2.67. The van der Waals surface area contributed by atoms with Crippen LogP contribution in [0, 0.1) is 0 Å². The number of alkyl halides is 3. The third-order valence-electron chi connectivity index (χ3n) is 4.66. The van der Waals surface area contributed by atoms with Gasteiger partial charge >= 0.3 is 6.18 Å². The highest BCUT2D eigenvalue weighted by Gasteiger charge is 2.31. The van der Waals surface area contributed by atoms with Gasteiger partial charge in [0.05, 0.1) is 29.1 Å². The van der Waals surface area contributed by atoms with Crippen molar-refractivity contribution in [3.8, 4) is 0 Å². The Kier molecular flexibility index (Phi) is 6.80. The number of nitrogens with one attached hydrogen (secondary N) is 1. The summed E-state index contributed by atoms with van der Waals surface area (Å²) < 4.78 is 38.9. The molecule has 0 saturated carbocycles. The van der Waals surface area contributed by atoms with Crippen LogP contribution < -0.4 is 5.56 Å². The molecule has 0 aliphatic rings. The number of halogens is 4. The molecule has 1 aromatic heterocycles. The van der Waals surface area contributed by atoms with Gasteiger partial charge in [-0.1, -0.05) is 30.7 Å². The van der Waals surface area contributed by atoms with E-state index in [2.05, 4.69) is 9.97 Å². The van der Waals surface area contributed by atoms with Gasteiger partial charge in [-0.2, -0.15) is 13.2 Å². The molecule has 3 aromatic rings. The van der Waals surface area contributed by atoms with Crippen molar-refractivity contribution in [2.75, 3.05) is 13.1 Å². The van der Waals surface area contributed by atoms with E-state index in [1.807, 2.05) is 11.8 Å². The van der Waals surface area contributed by atoms with Crippen molar-refractivity contribution in [3.05, 3.63) is 74.8 Å². The van der Waals surface area contributed by atoms with Gasteiger partial charge in [-0.15, -0.1) is 0 Å². The van der Waals surface area contributed by atoms with Crippen molar-refractivity contribution in [1.82, 2.24) is 14.9 Å². The van der Waals surface area contributed by atoms with Crippen molar-refractivity contribution in [2.24, 2.45) is 0 Å². The second-order valence-electron chi connectivity index (χ2n) is 7.05. The molecular formula is C21H21ClF3N3O2. The molecule has 1 unspecified atom stereocenters. The molecule has 2 aromatic carbocycles. The number of nitrogens with zero attached hydrogens (tertiary/aromatic N) is 2. The molecule has 160 valence electrons. The van der Waals surface area contributed by atoms with E-state index in [1.165, 1.54) is 12.1 Å². The fourth-order valence-corrected chi connectivity index (χ4v) is 3.44. The summed E-state index contributed by atoms with van der Waals surface area (Å²) >= 11 is 5.98. The third kappa shape index (κ3) is 5.38. The van der Waals surface area contributed by atoms with Crippen LogP contribution in [0.1, 0.15) is 36.4 Å². The van der Waals surface area contributed by atoms with Crippen molar-refractivity contribution in [2.45, 2.75) is 32.2 Å². The standard InChI is InChI=1S/C21H21ClF3N3O2/c1-2-8-28(11-18(29)13-4-3-5-14(9-13)21(23,24)25)12-19-26-17-10-15(22)6-7-16(17)20(30)27-19/h3-7,9-10,18,29H,2,8,11-12H2,1H3,(H,26,27,30). The molecule has 0 aliphatic carbocycles. The Balaban J connectivity index is 1.81. The van der Waals surface area contributed by atoms with E-state index in [0.29, 0.717) is 28.3 Å². The predicted molar refractivity (Wildman–Crippen MR) is 109 cm³/mol. The second-order valence-corrected chi connectivity index (χ2v) is 7.48. The van der Waals surface area contributed by atoms with E-state index in [1.54, 1.807) is 18.2 Å². The third-order valence-corrected chi connectivity index (χ3v) is 4.90.